The van der Waals surface area contributed by atoms with Gasteiger partial charge in [-0.3, -0.25) is 9.48 Å². The summed E-state index contributed by atoms with van der Waals surface area (Å²) in [7, 11) is 3.31. The maximum Gasteiger partial charge on any atom is 0.272 e. The summed E-state index contributed by atoms with van der Waals surface area (Å²) in [5.41, 5.74) is 1.76. The molecular weight excluding hydrogens is 273 g/mol. The number of aliphatic hydroxyl groups is 1. The van der Waals surface area contributed by atoms with E-state index in [4.69, 9.17) is 5.11 Å². The quantitative estimate of drug-likeness (QED) is 0.932. The largest absolute Gasteiger partial charge is 0.394 e. The van der Waals surface area contributed by atoms with E-state index in [1.807, 2.05) is 0 Å². The van der Waals surface area contributed by atoms with Crippen LogP contribution in [0.1, 0.15) is 17.4 Å². The van der Waals surface area contributed by atoms with Crippen LogP contribution in [0.4, 0.5) is 4.39 Å². The highest BCUT2D eigenvalue weighted by atomic mass is 19.1. The van der Waals surface area contributed by atoms with Crippen LogP contribution >= 0.6 is 0 Å². The van der Waals surface area contributed by atoms with E-state index in [2.05, 4.69) is 5.10 Å². The van der Waals surface area contributed by atoms with E-state index in [1.54, 1.807) is 39.2 Å². The van der Waals surface area contributed by atoms with Crippen molar-refractivity contribution in [2.24, 2.45) is 7.05 Å². The summed E-state index contributed by atoms with van der Waals surface area (Å²) >= 11 is 0. The predicted octanol–water partition coefficient (Wildman–Crippen LogP) is 1.68. The number of aliphatic hydroxyl groups excluding tert-OH is 1. The Balaban J connectivity index is 2.31. The third-order valence-electron chi connectivity index (χ3n) is 3.48. The molecule has 6 heteroatoms. The van der Waals surface area contributed by atoms with Gasteiger partial charge in [0.1, 0.15) is 11.5 Å². The lowest BCUT2D eigenvalue weighted by Crippen LogP contribution is -2.38. The Labute approximate surface area is 122 Å². The normalized spacial score (nSPS) is 12.2. The molecule has 0 aliphatic heterocycles. The number of rotatable bonds is 4. The second-order valence-corrected chi connectivity index (χ2v) is 4.99. The minimum Gasteiger partial charge on any atom is -0.394 e. The van der Waals surface area contributed by atoms with Gasteiger partial charge in [0.05, 0.1) is 18.3 Å². The van der Waals surface area contributed by atoms with E-state index in [1.165, 1.54) is 21.7 Å². The standard InChI is InChI=1S/C15H18FN3O2/c1-10(9-20)18(2)15(21)14-8-13(17-19(14)3)11-4-6-12(16)7-5-11/h4-8,10,20H,9H2,1-3H3. The summed E-state index contributed by atoms with van der Waals surface area (Å²) in [6.07, 6.45) is 0. The van der Waals surface area contributed by atoms with Gasteiger partial charge in [-0.15, -0.1) is 0 Å². The lowest BCUT2D eigenvalue weighted by molar-refractivity contribution is 0.0671. The number of hydrogen-bond donors (Lipinski definition) is 1. The molecule has 21 heavy (non-hydrogen) atoms. The van der Waals surface area contributed by atoms with Gasteiger partial charge in [-0.05, 0) is 37.3 Å². The zero-order valence-corrected chi connectivity index (χ0v) is 12.2. The van der Waals surface area contributed by atoms with Crippen LogP contribution in [-0.4, -0.2) is 45.4 Å². The van der Waals surface area contributed by atoms with E-state index in [9.17, 15) is 9.18 Å². The van der Waals surface area contributed by atoms with Crippen molar-refractivity contribution >= 4 is 5.91 Å². The summed E-state index contributed by atoms with van der Waals surface area (Å²) in [5, 5.41) is 13.4. The molecule has 1 aromatic heterocycles. The van der Waals surface area contributed by atoms with Crippen LogP contribution in [0, 0.1) is 5.82 Å². The first kappa shape index (κ1) is 15.2. The molecule has 1 aromatic carbocycles. The monoisotopic (exact) mass is 291 g/mol. The van der Waals surface area contributed by atoms with Gasteiger partial charge in [0.2, 0.25) is 0 Å². The molecule has 0 aliphatic rings. The van der Waals surface area contributed by atoms with Crippen molar-refractivity contribution in [1.82, 2.24) is 14.7 Å². The molecule has 1 amide bonds. The molecule has 0 spiro atoms. The molecule has 0 saturated heterocycles. The molecular formula is C15H18FN3O2. The van der Waals surface area contributed by atoms with Gasteiger partial charge in [0, 0.05) is 19.7 Å². The Morgan fingerprint density at radius 3 is 2.62 bits per heavy atom. The SMILES string of the molecule is CC(CO)N(C)C(=O)c1cc(-c2ccc(F)cc2)nn1C. The van der Waals surface area contributed by atoms with Crippen molar-refractivity contribution in [1.29, 1.82) is 0 Å². The lowest BCUT2D eigenvalue weighted by atomic mass is 10.1. The Kier molecular flexibility index (Phi) is 4.37. The van der Waals surface area contributed by atoms with E-state index in [0.717, 1.165) is 5.56 Å². The molecule has 0 radical (unpaired) electrons. The van der Waals surface area contributed by atoms with Gasteiger partial charge >= 0.3 is 0 Å². The minimum absolute atomic E-state index is 0.106. The molecule has 1 N–H and O–H groups in total. The molecule has 1 heterocycles. The lowest BCUT2D eigenvalue weighted by Gasteiger charge is -2.22. The van der Waals surface area contributed by atoms with Gasteiger partial charge in [0.15, 0.2) is 0 Å². The summed E-state index contributed by atoms with van der Waals surface area (Å²) in [4.78, 5) is 13.8. The smallest absolute Gasteiger partial charge is 0.272 e. The topological polar surface area (TPSA) is 58.4 Å². The number of halogens is 1. The number of nitrogens with zero attached hydrogens (tertiary/aromatic N) is 3. The molecule has 1 atom stereocenters. The number of likely N-dealkylation sites (N-methyl/N-ethyl adjacent to an activating group) is 1. The van der Waals surface area contributed by atoms with Crippen molar-refractivity contribution in [2.45, 2.75) is 13.0 Å². The second kappa shape index (κ2) is 6.05. The fourth-order valence-corrected chi connectivity index (χ4v) is 1.93. The van der Waals surface area contributed by atoms with Gasteiger partial charge in [-0.1, -0.05) is 0 Å². The van der Waals surface area contributed by atoms with Gasteiger partial charge in [-0.2, -0.15) is 5.10 Å². The average molecular weight is 291 g/mol. The molecule has 0 fully saturated rings. The summed E-state index contributed by atoms with van der Waals surface area (Å²) in [6.45, 7) is 1.65. The van der Waals surface area contributed by atoms with Crippen molar-refractivity contribution in [3.05, 3.63) is 41.8 Å². The highest BCUT2D eigenvalue weighted by Gasteiger charge is 2.21. The van der Waals surface area contributed by atoms with Crippen molar-refractivity contribution in [3.8, 4) is 11.3 Å². The zero-order valence-electron chi connectivity index (χ0n) is 12.2. The number of amides is 1. The van der Waals surface area contributed by atoms with Crippen LogP contribution in [0.2, 0.25) is 0 Å². The molecule has 0 saturated carbocycles. The van der Waals surface area contributed by atoms with Crippen LogP contribution in [0.15, 0.2) is 30.3 Å². The van der Waals surface area contributed by atoms with Gasteiger partial charge in [-0.25, -0.2) is 4.39 Å². The van der Waals surface area contributed by atoms with Crippen LogP contribution < -0.4 is 0 Å². The first-order valence-corrected chi connectivity index (χ1v) is 6.62. The van der Waals surface area contributed by atoms with Crippen LogP contribution in [0.3, 0.4) is 0 Å². The maximum atomic E-state index is 12.9. The average Bonchev–Trinajstić information content (AvgIpc) is 2.87. The summed E-state index contributed by atoms with van der Waals surface area (Å²) in [6, 6.07) is 7.33. The number of aromatic nitrogens is 2. The first-order valence-electron chi connectivity index (χ1n) is 6.62. The minimum atomic E-state index is -0.317. The zero-order chi connectivity index (χ0) is 15.6. The van der Waals surface area contributed by atoms with Crippen molar-refractivity contribution in [2.75, 3.05) is 13.7 Å². The van der Waals surface area contributed by atoms with Crippen molar-refractivity contribution < 1.29 is 14.3 Å². The van der Waals surface area contributed by atoms with E-state index in [0.29, 0.717) is 11.4 Å². The third-order valence-corrected chi connectivity index (χ3v) is 3.48. The van der Waals surface area contributed by atoms with Gasteiger partial charge < -0.3 is 10.0 Å². The van der Waals surface area contributed by atoms with Crippen molar-refractivity contribution in [3.63, 3.8) is 0 Å². The number of hydrogen-bond acceptors (Lipinski definition) is 3. The third kappa shape index (κ3) is 3.11. The predicted molar refractivity (Wildman–Crippen MR) is 77.2 cm³/mol. The Morgan fingerprint density at radius 1 is 1.43 bits per heavy atom. The fraction of sp³-hybridized carbons (Fsp3) is 0.333. The summed E-state index contributed by atoms with van der Waals surface area (Å²) < 4.78 is 14.4. The summed E-state index contributed by atoms with van der Waals surface area (Å²) in [5.74, 6) is -0.539. The molecule has 0 bridgehead atoms. The number of aryl methyl sites for hydroxylation is 1. The van der Waals surface area contributed by atoms with Crippen LogP contribution in [0.5, 0.6) is 0 Å². The van der Waals surface area contributed by atoms with E-state index < -0.39 is 0 Å². The van der Waals surface area contributed by atoms with E-state index in [-0.39, 0.29) is 24.4 Å². The molecule has 2 aromatic rings. The van der Waals surface area contributed by atoms with E-state index >= 15 is 0 Å². The molecule has 0 aliphatic carbocycles. The Hall–Kier alpha value is -2.21. The molecule has 2 rings (SSSR count). The number of carbonyl (C=O) groups is 1. The second-order valence-electron chi connectivity index (χ2n) is 4.99. The molecule has 112 valence electrons. The van der Waals surface area contributed by atoms with Crippen LogP contribution in [-0.2, 0) is 7.05 Å². The number of benzene rings is 1. The highest BCUT2D eigenvalue weighted by molar-refractivity contribution is 5.93. The maximum absolute atomic E-state index is 12.9. The molecule has 5 nitrogen and oxygen atoms in total. The highest BCUT2D eigenvalue weighted by Crippen LogP contribution is 2.20. The first-order chi connectivity index (χ1) is 9.93. The Morgan fingerprint density at radius 2 is 2.05 bits per heavy atom. The Bertz CT molecular complexity index is 637. The number of carbonyl (C=O) groups excluding carboxylic acids is 1. The van der Waals surface area contributed by atoms with Gasteiger partial charge in [0.25, 0.3) is 5.91 Å². The fourth-order valence-electron chi connectivity index (χ4n) is 1.93. The molecule has 1 unspecified atom stereocenters. The van der Waals surface area contributed by atoms with Crippen LogP contribution in [0.25, 0.3) is 11.3 Å².